The van der Waals surface area contributed by atoms with E-state index in [2.05, 4.69) is 26.9 Å². The molecule has 1 amide bonds. The van der Waals surface area contributed by atoms with Crippen LogP contribution in [0.5, 0.6) is 0 Å². The number of carbonyl (C=O) groups is 1. The van der Waals surface area contributed by atoms with Crippen molar-refractivity contribution in [2.24, 2.45) is 11.8 Å². The fourth-order valence-corrected chi connectivity index (χ4v) is 11.1. The number of aryl methyl sites for hydroxylation is 1. The van der Waals surface area contributed by atoms with Crippen LogP contribution in [0.2, 0.25) is 10.0 Å². The van der Waals surface area contributed by atoms with Gasteiger partial charge in [0.15, 0.2) is 5.82 Å². The number of benzene rings is 3. The van der Waals surface area contributed by atoms with Crippen molar-refractivity contribution in [3.8, 4) is 28.5 Å². The van der Waals surface area contributed by atoms with Gasteiger partial charge in [-0.1, -0.05) is 41.4 Å². The molecule has 7 heterocycles. The summed E-state index contributed by atoms with van der Waals surface area (Å²) < 4.78 is 56.2. The summed E-state index contributed by atoms with van der Waals surface area (Å²) in [6.45, 7) is 2.67. The number of pyridine rings is 2. The van der Waals surface area contributed by atoms with Gasteiger partial charge in [-0.2, -0.15) is 5.26 Å². The van der Waals surface area contributed by atoms with Crippen molar-refractivity contribution in [1.29, 1.82) is 5.26 Å². The molecule has 3 aromatic carbocycles. The minimum atomic E-state index is -0.680. The summed E-state index contributed by atoms with van der Waals surface area (Å²) in [4.78, 5) is 28.6. The van der Waals surface area contributed by atoms with Crippen LogP contribution in [0.3, 0.4) is 0 Å². The first-order chi connectivity index (χ1) is 30.7. The number of rotatable bonds is 11. The Morgan fingerprint density at radius 1 is 0.984 bits per heavy atom. The smallest absolute Gasteiger partial charge is 0.226 e. The highest BCUT2D eigenvalue weighted by molar-refractivity contribution is 6.43. The third-order valence-corrected chi connectivity index (χ3v) is 14.9. The van der Waals surface area contributed by atoms with Crippen LogP contribution >= 0.6 is 23.2 Å². The second kappa shape index (κ2) is 16.1. The van der Waals surface area contributed by atoms with Gasteiger partial charge >= 0.3 is 0 Å². The van der Waals surface area contributed by atoms with E-state index < -0.39 is 29.6 Å². The first-order valence-corrected chi connectivity index (χ1v) is 22.7. The summed E-state index contributed by atoms with van der Waals surface area (Å²) >= 11 is 13.3. The predicted octanol–water partition coefficient (Wildman–Crippen LogP) is 10.5. The molecular weight excluding hydrogens is 846 g/mol. The second-order valence-electron chi connectivity index (χ2n) is 17.8. The van der Waals surface area contributed by atoms with Gasteiger partial charge < -0.3 is 24.4 Å². The van der Waals surface area contributed by atoms with Crippen LogP contribution in [0.1, 0.15) is 73.9 Å². The Hall–Kier alpha value is -5.19. The number of carbonyl (C=O) groups excluding carboxylic acids is 1. The number of halogens is 5. The number of amides is 1. The second-order valence-corrected chi connectivity index (χ2v) is 18.6. The maximum Gasteiger partial charge on any atom is 0.226 e. The molecule has 4 saturated heterocycles. The number of hydrogen-bond acceptors (Lipinski definition) is 7. The minimum Gasteiger partial charge on any atom is -0.371 e. The lowest BCUT2D eigenvalue weighted by atomic mass is 9.79. The highest BCUT2D eigenvalue weighted by Crippen LogP contribution is 2.52. The van der Waals surface area contributed by atoms with Crippen LogP contribution in [-0.4, -0.2) is 63.7 Å². The highest BCUT2D eigenvalue weighted by Gasteiger charge is 2.51. The van der Waals surface area contributed by atoms with Gasteiger partial charge in [0.1, 0.15) is 23.0 Å². The normalized spacial score (nSPS) is 23.0. The molecule has 1 N–H and O–H groups in total. The van der Waals surface area contributed by atoms with Gasteiger partial charge in [-0.25, -0.2) is 23.1 Å². The van der Waals surface area contributed by atoms with Gasteiger partial charge in [0.25, 0.3) is 0 Å². The molecule has 2 bridgehead atoms. The van der Waals surface area contributed by atoms with Crippen molar-refractivity contribution < 1.29 is 22.7 Å². The molecule has 2 saturated carbocycles. The molecule has 63 heavy (non-hydrogen) atoms. The van der Waals surface area contributed by atoms with Gasteiger partial charge in [-0.05, 0) is 92.5 Å². The monoisotopic (exact) mass is 889 g/mol. The average molecular weight is 891 g/mol. The van der Waals surface area contributed by atoms with Crippen LogP contribution in [0, 0.1) is 40.6 Å². The summed E-state index contributed by atoms with van der Waals surface area (Å²) in [5, 5.41) is 15.3. The molecule has 6 aliphatic rings. The number of nitrogens with zero attached hydrogens (tertiary/aromatic N) is 6. The van der Waals surface area contributed by atoms with Gasteiger partial charge in [0.2, 0.25) is 5.91 Å². The number of fused-ring (bicyclic) bond motifs is 4. The number of aromatic nitrogens is 3. The minimum absolute atomic E-state index is 0.00959. The van der Waals surface area contributed by atoms with E-state index in [1.807, 2.05) is 29.3 Å². The molecule has 5 atom stereocenters. The number of ether oxygens (including phenoxy) is 1. The number of likely N-dealkylation sites (tertiary alicyclic amines) is 1. The van der Waals surface area contributed by atoms with E-state index in [1.165, 1.54) is 18.2 Å². The van der Waals surface area contributed by atoms with Crippen molar-refractivity contribution >= 4 is 56.7 Å². The molecule has 9 nitrogen and oxygen atoms in total. The lowest BCUT2D eigenvalue weighted by Crippen LogP contribution is -2.41. The Bertz CT molecular complexity index is 2820. The summed E-state index contributed by atoms with van der Waals surface area (Å²) in [5.74, 6) is -0.833. The lowest BCUT2D eigenvalue weighted by Gasteiger charge is -2.39. The van der Waals surface area contributed by atoms with Gasteiger partial charge in [-0.3, -0.25) is 4.79 Å². The molecule has 0 radical (unpaired) electrons. The molecule has 6 aromatic rings. The van der Waals surface area contributed by atoms with E-state index in [-0.39, 0.29) is 82.5 Å². The average Bonchev–Trinajstić information content (AvgIpc) is 3.81. The van der Waals surface area contributed by atoms with E-state index in [0.29, 0.717) is 34.2 Å². The topological polar surface area (TPSA) is 99.3 Å². The Balaban J connectivity index is 1.14. The molecule has 322 valence electrons. The Morgan fingerprint density at radius 3 is 2.48 bits per heavy atom. The molecule has 2 aliphatic carbocycles. The zero-order chi connectivity index (χ0) is 43.1. The van der Waals surface area contributed by atoms with E-state index in [1.54, 1.807) is 18.2 Å². The lowest BCUT2D eigenvalue weighted by molar-refractivity contribution is -0.134. The van der Waals surface area contributed by atoms with Crippen molar-refractivity contribution in [3.05, 3.63) is 111 Å². The summed E-state index contributed by atoms with van der Waals surface area (Å²) in [7, 11) is 0. The SMILES string of the molecule is N#CCCc1cc2c(nc(-c3ccc(N4CCCC4)nc3)c3cc([C@H]4C[C@H](OCc5c(F)cccc5F)CN4C(=O)C4CC4)n([C@H]4[C@H]5CN[C@@H]4C5)c32)c(F)c1-c1cccc(Cl)c1Cl. The third kappa shape index (κ3) is 6.94. The van der Waals surface area contributed by atoms with Crippen molar-refractivity contribution in [3.63, 3.8) is 0 Å². The van der Waals surface area contributed by atoms with Gasteiger partial charge in [0.05, 0.1) is 52.1 Å². The molecular formula is C49H44Cl2F3N7O2. The summed E-state index contributed by atoms with van der Waals surface area (Å²) in [6.07, 6.45) is 6.89. The summed E-state index contributed by atoms with van der Waals surface area (Å²) in [5.41, 5.74) is 4.18. The Kier molecular flexibility index (Phi) is 10.4. The van der Waals surface area contributed by atoms with Gasteiger partial charge in [-0.15, -0.1) is 0 Å². The quantitative estimate of drug-likeness (QED) is 0.138. The maximum absolute atomic E-state index is 17.9. The van der Waals surface area contributed by atoms with Crippen LogP contribution < -0.4 is 10.2 Å². The highest BCUT2D eigenvalue weighted by atomic mass is 35.5. The predicted molar refractivity (Wildman–Crippen MR) is 237 cm³/mol. The van der Waals surface area contributed by atoms with Crippen LogP contribution in [0.25, 0.3) is 44.2 Å². The molecule has 12 rings (SSSR count). The molecule has 3 aromatic heterocycles. The number of nitriles is 1. The van der Waals surface area contributed by atoms with Crippen molar-refractivity contribution in [1.82, 2.24) is 24.8 Å². The fraction of sp³-hybridized carbons (Fsp3) is 0.388. The molecule has 14 heteroatoms. The van der Waals surface area contributed by atoms with E-state index in [9.17, 15) is 18.8 Å². The first kappa shape index (κ1) is 40.6. The first-order valence-electron chi connectivity index (χ1n) is 22.0. The Labute approximate surface area is 372 Å². The standard InChI is InChI=1S/C49H44Cl2F3N7O2/c50-35-8-3-7-31(43(35)51)42-27(6-5-15-55)18-32-46(44(42)54)58-45(28-13-14-41(57-22-28)59-16-1-2-17-59)33-21-40(61(48(32)33)47-29-19-38(47)56-23-29)39-20-30(24-60(39)49(62)26-11-12-26)63-25-34-36(52)9-4-10-37(34)53/h3-4,7-10,13-14,18,21-22,26,29-30,38-39,47,56H,1-2,5-6,11-12,16-17,19-20,23-25H2/t29-,30+,38-,39-,47+/m1/s1. The van der Waals surface area contributed by atoms with Crippen molar-refractivity contribution in [2.75, 3.05) is 31.1 Å². The molecule has 6 fully saturated rings. The van der Waals surface area contributed by atoms with Crippen LogP contribution in [0.15, 0.2) is 66.9 Å². The fourth-order valence-electron chi connectivity index (χ4n) is 10.7. The van der Waals surface area contributed by atoms with E-state index in [0.717, 1.165) is 74.2 Å². The molecule has 4 aliphatic heterocycles. The maximum atomic E-state index is 17.9. The van der Waals surface area contributed by atoms with Gasteiger partial charge in [0, 0.05) is 95.9 Å². The zero-order valence-corrected chi connectivity index (χ0v) is 35.9. The Morgan fingerprint density at radius 2 is 1.78 bits per heavy atom. The number of anilines is 1. The van der Waals surface area contributed by atoms with Crippen molar-refractivity contribution in [2.45, 2.75) is 82.2 Å². The molecule has 0 spiro atoms. The van der Waals surface area contributed by atoms with E-state index >= 15 is 4.39 Å². The molecule has 0 unspecified atom stereocenters. The number of hydrogen-bond donors (Lipinski definition) is 1. The number of nitrogens with one attached hydrogen (secondary N) is 1. The van der Waals surface area contributed by atoms with Crippen LogP contribution in [0.4, 0.5) is 19.0 Å². The van der Waals surface area contributed by atoms with E-state index in [4.69, 9.17) is 37.9 Å². The zero-order valence-electron chi connectivity index (χ0n) is 34.4. The largest absolute Gasteiger partial charge is 0.371 e. The summed E-state index contributed by atoms with van der Waals surface area (Å²) in [6, 6.07) is 18.9. The van der Waals surface area contributed by atoms with Crippen LogP contribution in [-0.2, 0) is 22.6 Å². The third-order valence-electron chi connectivity index (χ3n) is 14.0.